The average Bonchev–Trinajstić information content (AvgIpc) is 2.68. The second-order valence-corrected chi connectivity index (χ2v) is 8.03. The van der Waals surface area contributed by atoms with Crippen LogP contribution in [0.4, 0.5) is 0 Å². The van der Waals surface area contributed by atoms with Crippen LogP contribution in [0.5, 0.6) is 0 Å². The molecule has 0 nitrogen and oxygen atoms in total. The smallest absolute Gasteiger partial charge is 0.0169 e. The fourth-order valence-electron chi connectivity index (χ4n) is 3.46. The van der Waals surface area contributed by atoms with Crippen LogP contribution in [-0.4, -0.2) is 0 Å². The standard InChI is InChI=1S/C27H50/c1-3-5-7-9-11-13-15-17-19-21-23-25-27-26-24-22-20-18-16-14-12-10-8-6-4-2/h5,7,11,13,17,19H,3-4,6,8-10,12,14-16,18,20-27H2,1-2H3. The van der Waals surface area contributed by atoms with Crippen LogP contribution in [0.1, 0.15) is 136 Å². The predicted molar refractivity (Wildman–Crippen MR) is 126 cm³/mol. The summed E-state index contributed by atoms with van der Waals surface area (Å²) in [5.41, 5.74) is 0. The minimum atomic E-state index is 1.08. The Morgan fingerprint density at radius 2 is 0.741 bits per heavy atom. The molecule has 0 aliphatic carbocycles. The Kier molecular flexibility index (Phi) is 24.5. The number of unbranched alkanes of at least 4 members (excludes halogenated alkanes) is 15. The van der Waals surface area contributed by atoms with Gasteiger partial charge in [-0.15, -0.1) is 0 Å². The summed E-state index contributed by atoms with van der Waals surface area (Å²) in [4.78, 5) is 0. The van der Waals surface area contributed by atoms with Gasteiger partial charge in [-0.3, -0.25) is 0 Å². The van der Waals surface area contributed by atoms with E-state index in [1.165, 1.54) is 103 Å². The Balaban J connectivity index is 3.12. The maximum Gasteiger partial charge on any atom is -0.0169 e. The summed E-state index contributed by atoms with van der Waals surface area (Å²) in [5.74, 6) is 0. The molecule has 0 bridgehead atoms. The third-order valence-electron chi connectivity index (χ3n) is 5.25. The largest absolute Gasteiger partial charge is 0.0885 e. The van der Waals surface area contributed by atoms with E-state index in [0.29, 0.717) is 0 Å². The van der Waals surface area contributed by atoms with Crippen molar-refractivity contribution in [1.29, 1.82) is 0 Å². The molecule has 0 aromatic heterocycles. The highest BCUT2D eigenvalue weighted by atomic mass is 14.0. The molecule has 27 heavy (non-hydrogen) atoms. The second kappa shape index (κ2) is 25.2. The van der Waals surface area contributed by atoms with Crippen molar-refractivity contribution in [2.45, 2.75) is 136 Å². The first-order chi connectivity index (χ1) is 13.4. The zero-order chi connectivity index (χ0) is 19.7. The Hall–Kier alpha value is -0.780. The third-order valence-corrected chi connectivity index (χ3v) is 5.25. The molecule has 0 rings (SSSR count). The van der Waals surface area contributed by atoms with Crippen molar-refractivity contribution in [2.24, 2.45) is 0 Å². The lowest BCUT2D eigenvalue weighted by atomic mass is 10.0. The van der Waals surface area contributed by atoms with Crippen LogP contribution in [0.3, 0.4) is 0 Å². The maximum absolute atomic E-state index is 2.37. The first-order valence-electron chi connectivity index (χ1n) is 12.4. The molecule has 0 atom stereocenters. The van der Waals surface area contributed by atoms with Gasteiger partial charge in [0.05, 0.1) is 0 Å². The van der Waals surface area contributed by atoms with Crippen LogP contribution in [-0.2, 0) is 0 Å². The first-order valence-corrected chi connectivity index (χ1v) is 12.4. The first kappa shape index (κ1) is 26.2. The lowest BCUT2D eigenvalue weighted by molar-refractivity contribution is 0.533. The van der Waals surface area contributed by atoms with Crippen molar-refractivity contribution in [2.75, 3.05) is 0 Å². The SMILES string of the molecule is CCC=CCC=CCC=CCCCCCCCCCCCCCCCCC. The van der Waals surface area contributed by atoms with Gasteiger partial charge in [-0.2, -0.15) is 0 Å². The highest BCUT2D eigenvalue weighted by molar-refractivity contribution is 4.96. The van der Waals surface area contributed by atoms with Crippen LogP contribution >= 0.6 is 0 Å². The fraction of sp³-hybridized carbons (Fsp3) is 0.778. The Bertz CT molecular complexity index is 334. The van der Waals surface area contributed by atoms with E-state index in [-0.39, 0.29) is 0 Å². The topological polar surface area (TPSA) is 0 Å². The number of rotatable bonds is 21. The molecule has 0 unspecified atom stereocenters. The molecular formula is C27H50. The molecule has 0 N–H and O–H groups in total. The molecule has 0 aromatic rings. The maximum atomic E-state index is 2.37. The monoisotopic (exact) mass is 374 g/mol. The van der Waals surface area contributed by atoms with Gasteiger partial charge < -0.3 is 0 Å². The van der Waals surface area contributed by atoms with Gasteiger partial charge in [0, 0.05) is 0 Å². The molecular weight excluding hydrogens is 324 g/mol. The predicted octanol–water partition coefficient (Wildman–Crippen LogP) is 10.1. The molecule has 0 fully saturated rings. The van der Waals surface area contributed by atoms with Gasteiger partial charge >= 0.3 is 0 Å². The summed E-state index contributed by atoms with van der Waals surface area (Å²) in [6.07, 6.45) is 40.0. The van der Waals surface area contributed by atoms with Crippen molar-refractivity contribution < 1.29 is 0 Å². The van der Waals surface area contributed by atoms with Crippen LogP contribution in [0.2, 0.25) is 0 Å². The van der Waals surface area contributed by atoms with E-state index < -0.39 is 0 Å². The minimum Gasteiger partial charge on any atom is -0.0885 e. The highest BCUT2D eigenvalue weighted by Gasteiger charge is 1.94. The van der Waals surface area contributed by atoms with Crippen molar-refractivity contribution in [1.82, 2.24) is 0 Å². The molecule has 0 spiro atoms. The van der Waals surface area contributed by atoms with E-state index in [1.807, 2.05) is 0 Å². The van der Waals surface area contributed by atoms with E-state index in [0.717, 1.165) is 19.3 Å². The van der Waals surface area contributed by atoms with Gasteiger partial charge in [-0.1, -0.05) is 140 Å². The van der Waals surface area contributed by atoms with E-state index in [4.69, 9.17) is 0 Å². The summed E-state index contributed by atoms with van der Waals surface area (Å²) in [6, 6.07) is 0. The van der Waals surface area contributed by atoms with Crippen LogP contribution in [0.15, 0.2) is 36.5 Å². The molecule has 0 aliphatic rings. The van der Waals surface area contributed by atoms with Crippen LogP contribution in [0, 0.1) is 0 Å². The quantitative estimate of drug-likeness (QED) is 0.138. The van der Waals surface area contributed by atoms with Crippen molar-refractivity contribution >= 4 is 0 Å². The van der Waals surface area contributed by atoms with Gasteiger partial charge in [0.25, 0.3) is 0 Å². The fourth-order valence-corrected chi connectivity index (χ4v) is 3.46. The summed E-state index contributed by atoms with van der Waals surface area (Å²) in [6.45, 7) is 4.48. The van der Waals surface area contributed by atoms with Crippen LogP contribution < -0.4 is 0 Å². The third kappa shape index (κ3) is 25.2. The lowest BCUT2D eigenvalue weighted by Gasteiger charge is -2.03. The Morgan fingerprint density at radius 3 is 1.19 bits per heavy atom. The highest BCUT2D eigenvalue weighted by Crippen LogP contribution is 2.13. The zero-order valence-electron chi connectivity index (χ0n) is 18.9. The second-order valence-electron chi connectivity index (χ2n) is 8.03. The van der Waals surface area contributed by atoms with Crippen molar-refractivity contribution in [3.8, 4) is 0 Å². The summed E-state index contributed by atoms with van der Waals surface area (Å²) < 4.78 is 0. The van der Waals surface area contributed by atoms with Crippen molar-refractivity contribution in [3.05, 3.63) is 36.5 Å². The molecule has 0 aromatic carbocycles. The van der Waals surface area contributed by atoms with Gasteiger partial charge in [-0.05, 0) is 32.1 Å². The van der Waals surface area contributed by atoms with Gasteiger partial charge in [0.2, 0.25) is 0 Å². The zero-order valence-corrected chi connectivity index (χ0v) is 18.9. The minimum absolute atomic E-state index is 1.08. The molecule has 0 heteroatoms. The van der Waals surface area contributed by atoms with E-state index in [9.17, 15) is 0 Å². The number of hydrogen-bond acceptors (Lipinski definition) is 0. The molecule has 0 amide bonds. The Labute approximate surface area is 172 Å². The molecule has 0 radical (unpaired) electrons. The van der Waals surface area contributed by atoms with Gasteiger partial charge in [0.15, 0.2) is 0 Å². The molecule has 0 saturated carbocycles. The van der Waals surface area contributed by atoms with E-state index >= 15 is 0 Å². The summed E-state index contributed by atoms with van der Waals surface area (Å²) in [7, 11) is 0. The van der Waals surface area contributed by atoms with Crippen molar-refractivity contribution in [3.63, 3.8) is 0 Å². The van der Waals surface area contributed by atoms with Gasteiger partial charge in [-0.25, -0.2) is 0 Å². The van der Waals surface area contributed by atoms with E-state index in [2.05, 4.69) is 50.3 Å². The molecule has 0 saturated heterocycles. The van der Waals surface area contributed by atoms with Crippen LogP contribution in [0.25, 0.3) is 0 Å². The summed E-state index contributed by atoms with van der Waals surface area (Å²) >= 11 is 0. The molecule has 0 heterocycles. The average molecular weight is 375 g/mol. The number of allylic oxidation sites excluding steroid dienone is 6. The molecule has 158 valence electrons. The summed E-state index contributed by atoms with van der Waals surface area (Å²) in [5, 5.41) is 0. The lowest BCUT2D eigenvalue weighted by Crippen LogP contribution is -1.83. The molecule has 0 aliphatic heterocycles. The Morgan fingerprint density at radius 1 is 0.370 bits per heavy atom. The van der Waals surface area contributed by atoms with Gasteiger partial charge in [0.1, 0.15) is 0 Å². The number of hydrogen-bond donors (Lipinski definition) is 0. The normalized spacial score (nSPS) is 12.2. The van der Waals surface area contributed by atoms with E-state index in [1.54, 1.807) is 0 Å².